The van der Waals surface area contributed by atoms with Crippen LogP contribution < -0.4 is 10.1 Å². The highest BCUT2D eigenvalue weighted by atomic mass is 16.5. The molecule has 110 valence electrons. The number of aromatic amines is 1. The summed E-state index contributed by atoms with van der Waals surface area (Å²) in [5.74, 6) is 1.33. The van der Waals surface area contributed by atoms with Crippen LogP contribution in [0.15, 0.2) is 24.3 Å². The van der Waals surface area contributed by atoms with Crippen molar-refractivity contribution in [3.8, 4) is 5.75 Å². The summed E-state index contributed by atoms with van der Waals surface area (Å²) >= 11 is 0. The van der Waals surface area contributed by atoms with E-state index in [1.807, 2.05) is 0 Å². The minimum absolute atomic E-state index is 0.0517. The molecule has 7 nitrogen and oxygen atoms in total. The number of nitrogens with zero attached hydrogens (tertiary/aromatic N) is 2. The molecule has 2 N–H and O–H groups in total. The molecule has 1 aliphatic rings. The molecular weight excluding hydrogens is 272 g/mol. The van der Waals surface area contributed by atoms with Gasteiger partial charge in [-0.25, -0.2) is 0 Å². The number of amides is 1. The number of hydrogen-bond acceptors (Lipinski definition) is 5. The quantitative estimate of drug-likeness (QED) is 0.897. The lowest BCUT2D eigenvalue weighted by Gasteiger charge is -2.04. The van der Waals surface area contributed by atoms with Gasteiger partial charge in [0.2, 0.25) is 5.95 Å². The molecule has 2 heterocycles. The first-order chi connectivity index (χ1) is 10.3. The van der Waals surface area contributed by atoms with Gasteiger partial charge in [0.15, 0.2) is 5.82 Å². The number of hydrogen-bond donors (Lipinski definition) is 2. The van der Waals surface area contributed by atoms with Crippen LogP contribution in [0.2, 0.25) is 0 Å². The number of rotatable bonds is 4. The van der Waals surface area contributed by atoms with Gasteiger partial charge in [-0.15, -0.1) is 5.10 Å². The Morgan fingerprint density at radius 3 is 2.90 bits per heavy atom. The van der Waals surface area contributed by atoms with Crippen LogP contribution in [0, 0.1) is 0 Å². The predicted octanol–water partition coefficient (Wildman–Crippen LogP) is 1.92. The van der Waals surface area contributed by atoms with Crippen molar-refractivity contribution in [3.63, 3.8) is 0 Å². The number of aromatic nitrogens is 3. The monoisotopic (exact) mass is 288 g/mol. The summed E-state index contributed by atoms with van der Waals surface area (Å²) in [5.41, 5.74) is 0.513. The van der Waals surface area contributed by atoms with Gasteiger partial charge in [-0.05, 0) is 37.1 Å². The summed E-state index contributed by atoms with van der Waals surface area (Å²) in [7, 11) is 1.58. The van der Waals surface area contributed by atoms with E-state index >= 15 is 0 Å². The molecule has 0 saturated carbocycles. The fourth-order valence-corrected chi connectivity index (χ4v) is 2.18. The molecule has 1 aliphatic heterocycles. The molecule has 1 unspecified atom stereocenters. The molecule has 1 amide bonds. The number of methoxy groups -OCH3 is 1. The van der Waals surface area contributed by atoms with Gasteiger partial charge >= 0.3 is 0 Å². The summed E-state index contributed by atoms with van der Waals surface area (Å²) in [5, 5.41) is 9.44. The zero-order valence-electron chi connectivity index (χ0n) is 11.6. The standard InChI is InChI=1S/C14H16N4O3/c1-20-10-6-4-9(5-7-10)13(19)16-14-15-12(17-18-14)11-3-2-8-21-11/h4-7,11H,2-3,8H2,1H3,(H2,15,16,17,18,19). The van der Waals surface area contributed by atoms with Gasteiger partial charge in [-0.1, -0.05) is 0 Å². The van der Waals surface area contributed by atoms with E-state index < -0.39 is 0 Å². The van der Waals surface area contributed by atoms with Crippen LogP contribution in [0.25, 0.3) is 0 Å². The van der Waals surface area contributed by atoms with Gasteiger partial charge in [0.1, 0.15) is 11.9 Å². The first-order valence-electron chi connectivity index (χ1n) is 6.75. The number of nitrogens with one attached hydrogen (secondary N) is 2. The second-order valence-corrected chi connectivity index (χ2v) is 4.73. The fraction of sp³-hybridized carbons (Fsp3) is 0.357. The van der Waals surface area contributed by atoms with Gasteiger partial charge in [-0.2, -0.15) is 4.98 Å². The van der Waals surface area contributed by atoms with E-state index in [1.54, 1.807) is 31.4 Å². The largest absolute Gasteiger partial charge is 0.497 e. The summed E-state index contributed by atoms with van der Waals surface area (Å²) in [4.78, 5) is 16.3. The topological polar surface area (TPSA) is 89.1 Å². The van der Waals surface area contributed by atoms with Crippen molar-refractivity contribution >= 4 is 11.9 Å². The lowest BCUT2D eigenvalue weighted by molar-refractivity contribution is 0.102. The molecule has 1 atom stereocenters. The number of anilines is 1. The number of ether oxygens (including phenoxy) is 2. The number of benzene rings is 1. The first kappa shape index (κ1) is 13.6. The number of carbonyl (C=O) groups is 1. The molecular formula is C14H16N4O3. The number of H-pyrrole nitrogens is 1. The molecule has 1 fully saturated rings. The van der Waals surface area contributed by atoms with Crippen molar-refractivity contribution in [3.05, 3.63) is 35.7 Å². The molecule has 0 spiro atoms. The van der Waals surface area contributed by atoms with E-state index in [4.69, 9.17) is 9.47 Å². The third kappa shape index (κ3) is 3.03. The number of carbonyl (C=O) groups excluding carboxylic acids is 1. The maximum Gasteiger partial charge on any atom is 0.258 e. The van der Waals surface area contributed by atoms with Crippen LogP contribution in [-0.4, -0.2) is 34.8 Å². The molecule has 0 bridgehead atoms. The van der Waals surface area contributed by atoms with E-state index in [0.717, 1.165) is 19.4 Å². The first-order valence-corrected chi connectivity index (χ1v) is 6.75. The van der Waals surface area contributed by atoms with Crippen molar-refractivity contribution < 1.29 is 14.3 Å². The van der Waals surface area contributed by atoms with Crippen LogP contribution in [0.4, 0.5) is 5.95 Å². The Morgan fingerprint density at radius 1 is 1.43 bits per heavy atom. The lowest BCUT2D eigenvalue weighted by atomic mass is 10.2. The summed E-state index contributed by atoms with van der Waals surface area (Å²) < 4.78 is 10.6. The van der Waals surface area contributed by atoms with Crippen molar-refractivity contribution in [1.82, 2.24) is 15.2 Å². The molecule has 0 aliphatic carbocycles. The average Bonchev–Trinajstić information content (AvgIpc) is 3.18. The normalized spacial score (nSPS) is 17.7. The fourth-order valence-electron chi connectivity index (χ4n) is 2.18. The van der Waals surface area contributed by atoms with Crippen molar-refractivity contribution in [2.45, 2.75) is 18.9 Å². The van der Waals surface area contributed by atoms with Gasteiger partial charge in [0, 0.05) is 12.2 Å². The average molecular weight is 288 g/mol. The van der Waals surface area contributed by atoms with Crippen molar-refractivity contribution in [2.75, 3.05) is 19.0 Å². The second-order valence-electron chi connectivity index (χ2n) is 4.73. The van der Waals surface area contributed by atoms with Gasteiger partial charge in [0.25, 0.3) is 5.91 Å². The highest BCUT2D eigenvalue weighted by Gasteiger charge is 2.21. The minimum atomic E-state index is -0.268. The zero-order valence-corrected chi connectivity index (χ0v) is 11.6. The molecule has 1 saturated heterocycles. The Bertz CT molecular complexity index is 617. The Labute approximate surface area is 121 Å². The van der Waals surface area contributed by atoms with Gasteiger partial charge in [-0.3, -0.25) is 15.2 Å². The molecule has 1 aromatic carbocycles. The van der Waals surface area contributed by atoms with E-state index in [0.29, 0.717) is 17.1 Å². The summed E-state index contributed by atoms with van der Waals surface area (Å²) in [6.45, 7) is 0.735. The van der Waals surface area contributed by atoms with Gasteiger partial charge < -0.3 is 9.47 Å². The molecule has 2 aromatic rings. The second kappa shape index (κ2) is 5.92. The molecule has 1 aromatic heterocycles. The molecule has 21 heavy (non-hydrogen) atoms. The van der Waals surface area contributed by atoms with Crippen LogP contribution in [0.3, 0.4) is 0 Å². The molecule has 7 heteroatoms. The summed E-state index contributed by atoms with van der Waals surface area (Å²) in [6, 6.07) is 6.82. The smallest absolute Gasteiger partial charge is 0.258 e. The van der Waals surface area contributed by atoms with E-state index in [-0.39, 0.29) is 18.0 Å². The van der Waals surface area contributed by atoms with Crippen LogP contribution >= 0.6 is 0 Å². The maximum absolute atomic E-state index is 12.1. The lowest BCUT2D eigenvalue weighted by Crippen LogP contribution is -2.13. The molecule has 0 radical (unpaired) electrons. The Balaban J connectivity index is 1.66. The zero-order chi connectivity index (χ0) is 14.7. The third-order valence-electron chi connectivity index (χ3n) is 3.31. The van der Waals surface area contributed by atoms with Crippen LogP contribution in [0.1, 0.15) is 35.1 Å². The van der Waals surface area contributed by atoms with Crippen LogP contribution in [-0.2, 0) is 4.74 Å². The predicted molar refractivity (Wildman–Crippen MR) is 75.3 cm³/mol. The van der Waals surface area contributed by atoms with Crippen LogP contribution in [0.5, 0.6) is 5.75 Å². The van der Waals surface area contributed by atoms with E-state index in [1.165, 1.54) is 0 Å². The van der Waals surface area contributed by atoms with E-state index in [2.05, 4.69) is 20.5 Å². The van der Waals surface area contributed by atoms with Crippen molar-refractivity contribution in [2.24, 2.45) is 0 Å². The van der Waals surface area contributed by atoms with Crippen molar-refractivity contribution in [1.29, 1.82) is 0 Å². The minimum Gasteiger partial charge on any atom is -0.497 e. The molecule has 3 rings (SSSR count). The highest BCUT2D eigenvalue weighted by Crippen LogP contribution is 2.26. The Kier molecular flexibility index (Phi) is 3.83. The van der Waals surface area contributed by atoms with E-state index in [9.17, 15) is 4.79 Å². The van der Waals surface area contributed by atoms with Gasteiger partial charge in [0.05, 0.1) is 7.11 Å². The Morgan fingerprint density at radius 2 is 2.24 bits per heavy atom. The Hall–Kier alpha value is -2.41. The summed E-state index contributed by atoms with van der Waals surface area (Å²) in [6.07, 6.45) is 1.88. The third-order valence-corrected chi connectivity index (χ3v) is 3.31. The highest BCUT2D eigenvalue weighted by molar-refractivity contribution is 6.03. The maximum atomic E-state index is 12.1. The SMILES string of the molecule is COc1ccc(C(=O)Nc2n[nH]c(C3CCCO3)n2)cc1.